The van der Waals surface area contributed by atoms with Crippen LogP contribution in [-0.4, -0.2) is 70.6 Å². The van der Waals surface area contributed by atoms with Gasteiger partial charge in [0.2, 0.25) is 23.6 Å². The Labute approximate surface area is 197 Å². The zero-order chi connectivity index (χ0) is 25.8. The summed E-state index contributed by atoms with van der Waals surface area (Å²) < 4.78 is 0. The summed E-state index contributed by atoms with van der Waals surface area (Å²) in [5, 5.41) is 25.7. The maximum atomic E-state index is 12.9. The largest absolute Gasteiger partial charge is 0.480 e. The highest BCUT2D eigenvalue weighted by atomic mass is 16.4. The van der Waals surface area contributed by atoms with Crippen LogP contribution in [0, 0.1) is 5.92 Å². The Morgan fingerprint density at radius 2 is 1.41 bits per heavy atom. The van der Waals surface area contributed by atoms with Crippen LogP contribution in [-0.2, 0) is 30.4 Å². The van der Waals surface area contributed by atoms with Gasteiger partial charge < -0.3 is 37.6 Å². The average Bonchev–Trinajstić information content (AvgIpc) is 2.76. The van der Waals surface area contributed by atoms with Crippen molar-refractivity contribution in [3.05, 3.63) is 35.9 Å². The van der Waals surface area contributed by atoms with Gasteiger partial charge in [0.05, 0.1) is 13.0 Å². The number of aliphatic hydroxyl groups excluding tert-OH is 1. The fraction of sp³-hybridized carbons (Fsp3) is 0.500. The summed E-state index contributed by atoms with van der Waals surface area (Å²) in [5.74, 6) is -4.73. The average molecular weight is 480 g/mol. The van der Waals surface area contributed by atoms with Crippen LogP contribution < -0.4 is 27.4 Å². The molecule has 0 aliphatic carbocycles. The van der Waals surface area contributed by atoms with Gasteiger partial charge in [-0.15, -0.1) is 0 Å². The zero-order valence-electron chi connectivity index (χ0n) is 19.2. The smallest absolute Gasteiger partial charge is 0.326 e. The molecule has 0 fully saturated rings. The molecule has 0 saturated heterocycles. The molecule has 0 unspecified atom stereocenters. The van der Waals surface area contributed by atoms with Crippen molar-refractivity contribution in [2.24, 2.45) is 17.4 Å². The SMILES string of the molecule is CC(C)C[C@H](NC(=O)[C@@H](N)CO)C(=O)N[C@@H](CC(N)=O)C(=O)N[C@@H](Cc1ccccc1)C(=O)O. The second kappa shape index (κ2) is 13.9. The van der Waals surface area contributed by atoms with E-state index in [1.165, 1.54) is 0 Å². The molecule has 0 aromatic heterocycles. The van der Waals surface area contributed by atoms with Gasteiger partial charge in [-0.1, -0.05) is 44.2 Å². The summed E-state index contributed by atoms with van der Waals surface area (Å²) in [6, 6.07) is 3.43. The van der Waals surface area contributed by atoms with Crippen LogP contribution in [0.2, 0.25) is 0 Å². The minimum atomic E-state index is -1.47. The number of nitrogens with one attached hydrogen (secondary N) is 3. The van der Waals surface area contributed by atoms with E-state index >= 15 is 0 Å². The maximum Gasteiger partial charge on any atom is 0.326 e. The van der Waals surface area contributed by atoms with Gasteiger partial charge in [0.15, 0.2) is 0 Å². The van der Waals surface area contributed by atoms with Crippen LogP contribution in [0.15, 0.2) is 30.3 Å². The Morgan fingerprint density at radius 3 is 1.91 bits per heavy atom. The van der Waals surface area contributed by atoms with Gasteiger partial charge in [0, 0.05) is 6.42 Å². The summed E-state index contributed by atoms with van der Waals surface area (Å²) in [5.41, 5.74) is 11.4. The second-order valence-electron chi connectivity index (χ2n) is 8.30. The van der Waals surface area contributed by atoms with E-state index < -0.39 is 66.8 Å². The Hall–Kier alpha value is -3.51. The number of rotatable bonds is 14. The zero-order valence-corrected chi connectivity index (χ0v) is 19.2. The second-order valence-corrected chi connectivity index (χ2v) is 8.30. The molecule has 12 heteroatoms. The number of aliphatic carboxylic acids is 1. The Kier molecular flexibility index (Phi) is 11.7. The van der Waals surface area contributed by atoms with E-state index in [0.29, 0.717) is 5.56 Å². The number of primary amides is 1. The van der Waals surface area contributed by atoms with Gasteiger partial charge in [0.25, 0.3) is 0 Å². The van der Waals surface area contributed by atoms with E-state index in [2.05, 4.69) is 16.0 Å². The minimum Gasteiger partial charge on any atom is -0.480 e. The summed E-state index contributed by atoms with van der Waals surface area (Å²) in [6.45, 7) is 2.96. The third-order valence-electron chi connectivity index (χ3n) is 4.81. The lowest BCUT2D eigenvalue weighted by Crippen LogP contribution is -2.58. The first-order valence-electron chi connectivity index (χ1n) is 10.8. The summed E-state index contributed by atoms with van der Waals surface area (Å²) in [4.78, 5) is 60.9. The van der Waals surface area contributed by atoms with Crippen LogP contribution in [0.25, 0.3) is 0 Å². The van der Waals surface area contributed by atoms with Crippen molar-refractivity contribution in [3.8, 4) is 0 Å². The van der Waals surface area contributed by atoms with Crippen molar-refractivity contribution < 1.29 is 34.2 Å². The van der Waals surface area contributed by atoms with Gasteiger partial charge in [0.1, 0.15) is 24.2 Å². The molecule has 0 heterocycles. The van der Waals surface area contributed by atoms with Gasteiger partial charge >= 0.3 is 5.97 Å². The number of carbonyl (C=O) groups is 5. The standard InChI is InChI=1S/C22H33N5O7/c1-12(2)8-15(25-19(30)14(23)11-28)20(31)26-16(10-18(24)29)21(32)27-17(22(33)34)9-13-6-4-3-5-7-13/h3-7,12,14-17,28H,8-11,23H2,1-2H3,(H2,24,29)(H,25,30)(H,26,31)(H,27,32)(H,33,34)/t14-,15-,16-,17-/m0/s1. The predicted octanol–water partition coefficient (Wildman–Crippen LogP) is -1.99. The number of hydrogen-bond acceptors (Lipinski definition) is 7. The molecule has 0 saturated carbocycles. The first-order chi connectivity index (χ1) is 15.9. The number of nitrogens with two attached hydrogens (primary N) is 2. The lowest BCUT2D eigenvalue weighted by atomic mass is 10.0. The van der Waals surface area contributed by atoms with Crippen molar-refractivity contribution >= 4 is 29.6 Å². The number of amides is 4. The Balaban J connectivity index is 3.00. The Bertz CT molecular complexity index is 862. The summed E-state index contributed by atoms with van der Waals surface area (Å²) in [6.07, 6.45) is -0.440. The first kappa shape index (κ1) is 28.5. The van der Waals surface area contributed by atoms with Crippen LogP contribution in [0.1, 0.15) is 32.3 Å². The monoisotopic (exact) mass is 479 g/mol. The molecule has 1 aromatic carbocycles. The lowest BCUT2D eigenvalue weighted by molar-refractivity contribution is -0.142. The van der Waals surface area contributed by atoms with E-state index in [1.807, 2.05) is 0 Å². The third kappa shape index (κ3) is 9.96. The highest BCUT2D eigenvalue weighted by molar-refractivity contribution is 5.96. The van der Waals surface area contributed by atoms with E-state index in [1.54, 1.807) is 44.2 Å². The number of carbonyl (C=O) groups excluding carboxylic acids is 4. The van der Waals surface area contributed by atoms with E-state index in [-0.39, 0.29) is 18.8 Å². The number of hydrogen-bond donors (Lipinski definition) is 7. The molecule has 4 amide bonds. The van der Waals surface area contributed by atoms with E-state index in [9.17, 15) is 29.1 Å². The highest BCUT2D eigenvalue weighted by Crippen LogP contribution is 2.08. The number of carboxylic acids is 1. The molecule has 0 spiro atoms. The molecule has 1 aromatic rings. The molecule has 188 valence electrons. The van der Waals surface area contributed by atoms with Crippen LogP contribution in [0.5, 0.6) is 0 Å². The highest BCUT2D eigenvalue weighted by Gasteiger charge is 2.31. The third-order valence-corrected chi connectivity index (χ3v) is 4.81. The topological polar surface area (TPSA) is 214 Å². The van der Waals surface area contributed by atoms with Crippen LogP contribution >= 0.6 is 0 Å². The van der Waals surface area contributed by atoms with Crippen molar-refractivity contribution in [1.29, 1.82) is 0 Å². The number of aliphatic hydroxyl groups is 1. The van der Waals surface area contributed by atoms with Gasteiger partial charge in [-0.3, -0.25) is 19.2 Å². The van der Waals surface area contributed by atoms with Crippen LogP contribution in [0.4, 0.5) is 0 Å². The molecule has 4 atom stereocenters. The summed E-state index contributed by atoms with van der Waals surface area (Å²) >= 11 is 0. The minimum absolute atomic E-state index is 0.0236. The normalized spacial score (nSPS) is 14.4. The first-order valence-corrected chi connectivity index (χ1v) is 10.8. The molecule has 12 nitrogen and oxygen atoms in total. The fourth-order valence-corrected chi connectivity index (χ4v) is 3.07. The molecule has 0 radical (unpaired) electrons. The van der Waals surface area contributed by atoms with Crippen molar-refractivity contribution in [1.82, 2.24) is 16.0 Å². The predicted molar refractivity (Wildman–Crippen MR) is 122 cm³/mol. The molecule has 0 aliphatic heterocycles. The molecular formula is C22H33N5O7. The van der Waals surface area contributed by atoms with E-state index in [4.69, 9.17) is 16.6 Å². The fourth-order valence-electron chi connectivity index (χ4n) is 3.07. The molecule has 0 aliphatic rings. The van der Waals surface area contributed by atoms with Crippen LogP contribution in [0.3, 0.4) is 0 Å². The Morgan fingerprint density at radius 1 is 0.882 bits per heavy atom. The van der Waals surface area contributed by atoms with Crippen molar-refractivity contribution in [2.45, 2.75) is 57.3 Å². The number of carboxylic acid groups (broad SMARTS) is 1. The van der Waals surface area contributed by atoms with E-state index in [0.717, 1.165) is 0 Å². The van der Waals surface area contributed by atoms with Crippen molar-refractivity contribution in [3.63, 3.8) is 0 Å². The quantitative estimate of drug-likeness (QED) is 0.158. The molecule has 34 heavy (non-hydrogen) atoms. The van der Waals surface area contributed by atoms with Gasteiger partial charge in [-0.2, -0.15) is 0 Å². The lowest BCUT2D eigenvalue weighted by Gasteiger charge is -2.25. The maximum absolute atomic E-state index is 12.9. The van der Waals surface area contributed by atoms with Crippen molar-refractivity contribution in [2.75, 3.05) is 6.61 Å². The van der Waals surface area contributed by atoms with Gasteiger partial charge in [-0.05, 0) is 17.9 Å². The van der Waals surface area contributed by atoms with Gasteiger partial charge in [-0.25, -0.2) is 4.79 Å². The molecule has 1 rings (SSSR count). The molecular weight excluding hydrogens is 446 g/mol. The molecule has 0 bridgehead atoms. The number of benzene rings is 1. The summed E-state index contributed by atoms with van der Waals surface area (Å²) in [7, 11) is 0. The molecule has 9 N–H and O–H groups in total.